The van der Waals surface area contributed by atoms with Crippen LogP contribution in [0, 0.1) is 0 Å². The van der Waals surface area contributed by atoms with E-state index in [1.807, 2.05) is 0 Å². The largest absolute Gasteiger partial charge is 0.497 e. The molecular formula is C24H24N4O6. The first kappa shape index (κ1) is 23.0. The van der Waals surface area contributed by atoms with Crippen molar-refractivity contribution >= 4 is 35.1 Å². The standard InChI is InChI=1S/C24H24N4O6/c1-34-17-6-4-5-16(13-17)20(29)14-25-24(33)27-11-9-26(10-12-27)21(30)15-28-19-8-3-2-7-18(19)22(31)23(28)32/h2-8,13H,9-12,14-15H2,1H3,(H,25,33). The predicted molar refractivity (Wildman–Crippen MR) is 122 cm³/mol. The van der Waals surface area contributed by atoms with Gasteiger partial charge in [-0.25, -0.2) is 4.79 Å². The fourth-order valence-corrected chi connectivity index (χ4v) is 3.97. The van der Waals surface area contributed by atoms with Gasteiger partial charge in [0.05, 0.1) is 24.9 Å². The monoisotopic (exact) mass is 464 g/mol. The zero-order valence-corrected chi connectivity index (χ0v) is 18.7. The molecule has 0 spiro atoms. The van der Waals surface area contributed by atoms with Crippen LogP contribution < -0.4 is 15.0 Å². The van der Waals surface area contributed by atoms with E-state index in [1.165, 1.54) is 16.9 Å². The third-order valence-corrected chi connectivity index (χ3v) is 5.88. The smallest absolute Gasteiger partial charge is 0.317 e. The molecule has 0 unspecified atom stereocenters. The SMILES string of the molecule is COc1cccc(C(=O)CNC(=O)N2CCN(C(=O)CN3C(=O)C(=O)c4ccccc43)CC2)c1. The average molecular weight is 464 g/mol. The lowest BCUT2D eigenvalue weighted by molar-refractivity contribution is -0.132. The van der Waals surface area contributed by atoms with Crippen LogP contribution in [0.3, 0.4) is 0 Å². The van der Waals surface area contributed by atoms with Crippen LogP contribution in [0.2, 0.25) is 0 Å². The third-order valence-electron chi connectivity index (χ3n) is 5.88. The Morgan fingerprint density at radius 1 is 0.941 bits per heavy atom. The van der Waals surface area contributed by atoms with Crippen LogP contribution in [0.15, 0.2) is 48.5 Å². The molecule has 0 bridgehead atoms. The molecule has 2 heterocycles. The number of fused-ring (bicyclic) bond motifs is 1. The maximum atomic E-state index is 12.8. The van der Waals surface area contributed by atoms with Crippen molar-refractivity contribution < 1.29 is 28.7 Å². The molecular weight excluding hydrogens is 440 g/mol. The van der Waals surface area contributed by atoms with Gasteiger partial charge >= 0.3 is 6.03 Å². The van der Waals surface area contributed by atoms with Gasteiger partial charge in [0, 0.05) is 31.7 Å². The van der Waals surface area contributed by atoms with Crippen LogP contribution in [0.1, 0.15) is 20.7 Å². The van der Waals surface area contributed by atoms with Crippen molar-refractivity contribution in [3.05, 3.63) is 59.7 Å². The van der Waals surface area contributed by atoms with Crippen molar-refractivity contribution in [1.29, 1.82) is 0 Å². The van der Waals surface area contributed by atoms with Crippen LogP contribution in [-0.4, -0.2) is 85.6 Å². The number of ether oxygens (including phenoxy) is 1. The van der Waals surface area contributed by atoms with Gasteiger partial charge in [-0.3, -0.25) is 24.1 Å². The minimum atomic E-state index is -0.715. The lowest BCUT2D eigenvalue weighted by Gasteiger charge is -2.35. The molecule has 4 amide bonds. The summed E-state index contributed by atoms with van der Waals surface area (Å²) in [7, 11) is 1.51. The molecule has 10 nitrogen and oxygen atoms in total. The third kappa shape index (κ3) is 4.61. The molecule has 2 aliphatic rings. The second-order valence-electron chi connectivity index (χ2n) is 7.92. The molecule has 0 aromatic heterocycles. The average Bonchev–Trinajstić information content (AvgIpc) is 3.12. The summed E-state index contributed by atoms with van der Waals surface area (Å²) in [6.07, 6.45) is 0. The summed E-state index contributed by atoms with van der Waals surface area (Å²) < 4.78 is 5.11. The number of piperazine rings is 1. The zero-order chi connectivity index (χ0) is 24.2. The van der Waals surface area contributed by atoms with Crippen LogP contribution >= 0.6 is 0 Å². The van der Waals surface area contributed by atoms with E-state index in [-0.39, 0.29) is 51.0 Å². The van der Waals surface area contributed by atoms with Gasteiger partial charge in [0.1, 0.15) is 12.3 Å². The molecule has 2 aromatic carbocycles. The first-order valence-electron chi connectivity index (χ1n) is 10.8. The topological polar surface area (TPSA) is 116 Å². The number of methoxy groups -OCH3 is 1. The number of nitrogens with one attached hydrogen (secondary N) is 1. The van der Waals surface area contributed by atoms with Gasteiger partial charge in [-0.15, -0.1) is 0 Å². The number of hydrogen-bond acceptors (Lipinski definition) is 6. The minimum Gasteiger partial charge on any atom is -0.497 e. The van der Waals surface area contributed by atoms with Gasteiger partial charge in [-0.05, 0) is 24.3 Å². The first-order chi connectivity index (χ1) is 16.4. The number of para-hydroxylation sites is 1. The molecule has 1 saturated heterocycles. The van der Waals surface area contributed by atoms with Gasteiger partial charge in [0.2, 0.25) is 5.91 Å². The summed E-state index contributed by atoms with van der Waals surface area (Å²) in [4.78, 5) is 66.3. The quantitative estimate of drug-likeness (QED) is 0.503. The maximum absolute atomic E-state index is 12.8. The van der Waals surface area contributed by atoms with Crippen LogP contribution in [0.5, 0.6) is 5.75 Å². The molecule has 34 heavy (non-hydrogen) atoms. The number of Topliss-reactive ketones (excluding diaryl/α,β-unsaturated/α-hetero) is 2. The first-order valence-corrected chi connectivity index (χ1v) is 10.8. The molecule has 1 fully saturated rings. The maximum Gasteiger partial charge on any atom is 0.317 e. The van der Waals surface area contributed by atoms with E-state index < -0.39 is 17.7 Å². The molecule has 4 rings (SSSR count). The lowest BCUT2D eigenvalue weighted by atomic mass is 10.1. The van der Waals surface area contributed by atoms with Crippen LogP contribution in [0.4, 0.5) is 10.5 Å². The van der Waals surface area contributed by atoms with Crippen LogP contribution in [0.25, 0.3) is 0 Å². The number of carbonyl (C=O) groups is 5. The summed E-state index contributed by atoms with van der Waals surface area (Å²) in [5.41, 5.74) is 1.17. The number of ketones is 2. The highest BCUT2D eigenvalue weighted by molar-refractivity contribution is 6.52. The summed E-state index contributed by atoms with van der Waals surface area (Å²) in [5, 5.41) is 2.62. The second kappa shape index (κ2) is 9.74. The molecule has 2 aromatic rings. The number of amides is 4. The van der Waals surface area contributed by atoms with Crippen molar-refractivity contribution in [2.75, 3.05) is 51.3 Å². The van der Waals surface area contributed by atoms with Gasteiger partial charge in [0.25, 0.3) is 11.7 Å². The summed E-state index contributed by atoms with van der Waals surface area (Å²) in [6, 6.07) is 12.9. The number of urea groups is 1. The summed E-state index contributed by atoms with van der Waals surface area (Å²) in [6.45, 7) is 0.753. The second-order valence-corrected chi connectivity index (χ2v) is 7.92. The highest BCUT2D eigenvalue weighted by Crippen LogP contribution is 2.28. The normalized spacial score (nSPS) is 15.3. The van der Waals surface area contributed by atoms with E-state index in [9.17, 15) is 24.0 Å². The minimum absolute atomic E-state index is 0.157. The van der Waals surface area contributed by atoms with E-state index in [4.69, 9.17) is 4.74 Å². The lowest BCUT2D eigenvalue weighted by Crippen LogP contribution is -2.55. The molecule has 2 aliphatic heterocycles. The molecule has 1 N–H and O–H groups in total. The number of rotatable bonds is 6. The number of nitrogens with zero attached hydrogens (tertiary/aromatic N) is 3. The Balaban J connectivity index is 1.26. The zero-order valence-electron chi connectivity index (χ0n) is 18.7. The summed E-state index contributed by atoms with van der Waals surface area (Å²) >= 11 is 0. The van der Waals surface area contributed by atoms with Gasteiger partial charge < -0.3 is 19.9 Å². The highest BCUT2D eigenvalue weighted by Gasteiger charge is 2.37. The van der Waals surface area contributed by atoms with E-state index >= 15 is 0 Å². The predicted octanol–water partition coefficient (Wildman–Crippen LogP) is 0.961. The van der Waals surface area contributed by atoms with E-state index in [1.54, 1.807) is 53.4 Å². The van der Waals surface area contributed by atoms with E-state index in [0.717, 1.165) is 0 Å². The Morgan fingerprint density at radius 2 is 1.65 bits per heavy atom. The Morgan fingerprint density at radius 3 is 2.38 bits per heavy atom. The molecule has 0 saturated carbocycles. The van der Waals surface area contributed by atoms with Crippen molar-refractivity contribution in [1.82, 2.24) is 15.1 Å². The molecule has 0 radical (unpaired) electrons. The van der Waals surface area contributed by atoms with Crippen LogP contribution in [-0.2, 0) is 9.59 Å². The molecule has 0 atom stereocenters. The summed E-state index contributed by atoms with van der Waals surface area (Å²) in [5.74, 6) is -1.32. The van der Waals surface area contributed by atoms with Crippen molar-refractivity contribution in [2.45, 2.75) is 0 Å². The molecule has 10 heteroatoms. The number of carbonyl (C=O) groups excluding carboxylic acids is 5. The van der Waals surface area contributed by atoms with E-state index in [0.29, 0.717) is 22.6 Å². The van der Waals surface area contributed by atoms with Gasteiger partial charge in [-0.1, -0.05) is 24.3 Å². The van der Waals surface area contributed by atoms with E-state index in [2.05, 4.69) is 5.32 Å². The number of benzene rings is 2. The van der Waals surface area contributed by atoms with Gasteiger partial charge in [-0.2, -0.15) is 0 Å². The Labute approximate surface area is 196 Å². The molecule has 176 valence electrons. The Kier molecular flexibility index (Phi) is 6.58. The van der Waals surface area contributed by atoms with Crippen molar-refractivity contribution in [3.63, 3.8) is 0 Å². The van der Waals surface area contributed by atoms with Crippen molar-refractivity contribution in [2.24, 2.45) is 0 Å². The fourth-order valence-electron chi connectivity index (χ4n) is 3.97. The highest BCUT2D eigenvalue weighted by atomic mass is 16.5. The van der Waals surface area contributed by atoms with Gasteiger partial charge in [0.15, 0.2) is 5.78 Å². The molecule has 0 aliphatic carbocycles. The number of anilines is 1. The Bertz CT molecular complexity index is 1160. The van der Waals surface area contributed by atoms with Crippen molar-refractivity contribution in [3.8, 4) is 5.75 Å². The fraction of sp³-hybridized carbons (Fsp3) is 0.292. The Hall–Kier alpha value is -4.21. The number of hydrogen-bond donors (Lipinski definition) is 1.